The molecule has 3 heteroatoms. The van der Waals surface area contributed by atoms with Crippen LogP contribution in [0, 0.1) is 5.92 Å². The minimum Gasteiger partial charge on any atom is -0.465 e. The SMILES string of the molecule is CCOC(=O)CSC(C)(C)C(C)C. The maximum atomic E-state index is 11.1. The second-order valence-corrected chi connectivity index (χ2v) is 5.48. The summed E-state index contributed by atoms with van der Waals surface area (Å²) in [5, 5.41) is 0. The van der Waals surface area contributed by atoms with Gasteiger partial charge in [0.15, 0.2) is 0 Å². The van der Waals surface area contributed by atoms with E-state index in [2.05, 4.69) is 27.7 Å². The molecule has 13 heavy (non-hydrogen) atoms. The summed E-state index contributed by atoms with van der Waals surface area (Å²) in [6.07, 6.45) is 0. The second-order valence-electron chi connectivity index (χ2n) is 3.85. The molecule has 0 saturated heterocycles. The first-order valence-corrected chi connectivity index (χ1v) is 5.68. The smallest absolute Gasteiger partial charge is 0.315 e. The van der Waals surface area contributed by atoms with Crippen molar-refractivity contribution >= 4 is 17.7 Å². The van der Waals surface area contributed by atoms with Crippen molar-refractivity contribution in [2.24, 2.45) is 5.92 Å². The third-order valence-electron chi connectivity index (χ3n) is 2.26. The second kappa shape index (κ2) is 5.53. The Bertz CT molecular complexity index is 164. The average Bonchev–Trinajstić information content (AvgIpc) is 2.01. The molecule has 0 fully saturated rings. The summed E-state index contributed by atoms with van der Waals surface area (Å²) < 4.78 is 5.00. The van der Waals surface area contributed by atoms with E-state index in [-0.39, 0.29) is 10.7 Å². The van der Waals surface area contributed by atoms with Gasteiger partial charge in [0.1, 0.15) is 0 Å². The van der Waals surface area contributed by atoms with Crippen LogP contribution in [0.1, 0.15) is 34.6 Å². The van der Waals surface area contributed by atoms with Crippen LogP contribution < -0.4 is 0 Å². The zero-order valence-corrected chi connectivity index (χ0v) is 10.0. The molecule has 0 N–H and O–H groups in total. The highest BCUT2D eigenvalue weighted by molar-refractivity contribution is 8.01. The molecule has 0 aliphatic carbocycles. The Morgan fingerprint density at radius 2 is 2.00 bits per heavy atom. The van der Waals surface area contributed by atoms with E-state index in [0.29, 0.717) is 18.3 Å². The zero-order valence-electron chi connectivity index (χ0n) is 9.22. The lowest BCUT2D eigenvalue weighted by Crippen LogP contribution is -2.25. The molecule has 2 nitrogen and oxygen atoms in total. The van der Waals surface area contributed by atoms with Gasteiger partial charge in [0.05, 0.1) is 12.4 Å². The summed E-state index contributed by atoms with van der Waals surface area (Å²) in [4.78, 5) is 11.1. The van der Waals surface area contributed by atoms with E-state index < -0.39 is 0 Å². The van der Waals surface area contributed by atoms with Crippen molar-refractivity contribution in [2.75, 3.05) is 12.4 Å². The predicted molar refractivity (Wildman–Crippen MR) is 58.0 cm³/mol. The van der Waals surface area contributed by atoms with Crippen LogP contribution in [0.3, 0.4) is 0 Å². The molecule has 0 spiro atoms. The van der Waals surface area contributed by atoms with E-state index in [1.807, 2.05) is 6.92 Å². The highest BCUT2D eigenvalue weighted by atomic mass is 32.2. The van der Waals surface area contributed by atoms with Crippen LogP contribution in [0.15, 0.2) is 0 Å². The van der Waals surface area contributed by atoms with Crippen molar-refractivity contribution in [1.29, 1.82) is 0 Å². The molecule has 0 saturated carbocycles. The molecule has 0 rings (SSSR count). The van der Waals surface area contributed by atoms with E-state index in [1.54, 1.807) is 11.8 Å². The van der Waals surface area contributed by atoms with Crippen molar-refractivity contribution in [1.82, 2.24) is 0 Å². The number of ether oxygens (including phenoxy) is 1. The van der Waals surface area contributed by atoms with Gasteiger partial charge in [-0.1, -0.05) is 27.7 Å². The number of carbonyl (C=O) groups is 1. The van der Waals surface area contributed by atoms with E-state index in [0.717, 1.165) is 0 Å². The maximum Gasteiger partial charge on any atom is 0.315 e. The monoisotopic (exact) mass is 204 g/mol. The lowest BCUT2D eigenvalue weighted by molar-refractivity contribution is -0.139. The minimum absolute atomic E-state index is 0.110. The first-order chi connectivity index (χ1) is 5.90. The molecule has 0 aliphatic heterocycles. The normalized spacial score (nSPS) is 11.8. The molecule has 0 aromatic carbocycles. The summed E-state index contributed by atoms with van der Waals surface area (Å²) in [5.41, 5.74) is 0. The van der Waals surface area contributed by atoms with Gasteiger partial charge in [-0.15, -0.1) is 11.8 Å². The van der Waals surface area contributed by atoms with Crippen molar-refractivity contribution in [3.8, 4) is 0 Å². The van der Waals surface area contributed by atoms with Crippen LogP contribution >= 0.6 is 11.8 Å². The van der Waals surface area contributed by atoms with Crippen molar-refractivity contribution in [3.63, 3.8) is 0 Å². The molecule has 0 aliphatic rings. The van der Waals surface area contributed by atoms with Gasteiger partial charge in [-0.3, -0.25) is 4.79 Å². The first kappa shape index (κ1) is 12.8. The number of rotatable bonds is 5. The molecular formula is C10H20O2S. The fourth-order valence-electron chi connectivity index (χ4n) is 0.614. The molecule has 0 atom stereocenters. The van der Waals surface area contributed by atoms with Gasteiger partial charge >= 0.3 is 5.97 Å². The van der Waals surface area contributed by atoms with E-state index in [9.17, 15) is 4.79 Å². The molecule has 78 valence electrons. The largest absolute Gasteiger partial charge is 0.465 e. The Morgan fingerprint density at radius 1 is 1.46 bits per heavy atom. The molecule has 0 bridgehead atoms. The Morgan fingerprint density at radius 3 is 2.38 bits per heavy atom. The number of thioether (sulfide) groups is 1. The van der Waals surface area contributed by atoms with E-state index in [1.165, 1.54) is 0 Å². The van der Waals surface area contributed by atoms with Crippen LogP contribution in [0.2, 0.25) is 0 Å². The molecule has 0 aromatic heterocycles. The number of carbonyl (C=O) groups excluding carboxylic acids is 1. The van der Waals surface area contributed by atoms with Crippen molar-refractivity contribution in [2.45, 2.75) is 39.4 Å². The summed E-state index contributed by atoms with van der Waals surface area (Å²) in [6, 6.07) is 0. The molecular weight excluding hydrogens is 184 g/mol. The summed E-state index contributed by atoms with van der Waals surface area (Å²) in [6.45, 7) is 10.9. The molecule has 0 radical (unpaired) electrons. The summed E-state index contributed by atoms with van der Waals surface area (Å²) in [5.74, 6) is 0.909. The van der Waals surface area contributed by atoms with Gasteiger partial charge in [-0.2, -0.15) is 0 Å². The lowest BCUT2D eigenvalue weighted by atomic mass is 10.00. The maximum absolute atomic E-state index is 11.1. The topological polar surface area (TPSA) is 26.3 Å². The molecule has 0 aromatic rings. The fraction of sp³-hybridized carbons (Fsp3) is 0.900. The number of hydrogen-bond donors (Lipinski definition) is 0. The molecule has 0 amide bonds. The van der Waals surface area contributed by atoms with Crippen molar-refractivity contribution in [3.05, 3.63) is 0 Å². The van der Waals surface area contributed by atoms with Crippen molar-refractivity contribution < 1.29 is 9.53 Å². The predicted octanol–water partition coefficient (Wildman–Crippen LogP) is 2.72. The third kappa shape index (κ3) is 5.19. The average molecular weight is 204 g/mol. The number of esters is 1. The fourth-order valence-corrected chi connectivity index (χ4v) is 1.52. The van der Waals surface area contributed by atoms with Crippen LogP contribution in [0.5, 0.6) is 0 Å². The van der Waals surface area contributed by atoms with Gasteiger partial charge in [0.2, 0.25) is 0 Å². The van der Waals surface area contributed by atoms with Gasteiger partial charge in [0.25, 0.3) is 0 Å². The highest BCUT2D eigenvalue weighted by Crippen LogP contribution is 2.31. The Hall–Kier alpha value is -0.180. The molecule has 0 heterocycles. The third-order valence-corrected chi connectivity index (χ3v) is 3.85. The van der Waals surface area contributed by atoms with Gasteiger partial charge in [0, 0.05) is 4.75 Å². The van der Waals surface area contributed by atoms with E-state index in [4.69, 9.17) is 4.74 Å². The number of hydrogen-bond acceptors (Lipinski definition) is 3. The Kier molecular flexibility index (Phi) is 5.45. The van der Waals surface area contributed by atoms with Crippen LogP contribution in [-0.4, -0.2) is 23.1 Å². The Labute approximate surface area is 85.4 Å². The van der Waals surface area contributed by atoms with Gasteiger partial charge < -0.3 is 4.74 Å². The summed E-state index contributed by atoms with van der Waals surface area (Å²) in [7, 11) is 0. The first-order valence-electron chi connectivity index (χ1n) is 4.69. The zero-order chi connectivity index (χ0) is 10.5. The van der Waals surface area contributed by atoms with Crippen LogP contribution in [0.4, 0.5) is 0 Å². The quantitative estimate of drug-likeness (QED) is 0.644. The van der Waals surface area contributed by atoms with Crippen LogP contribution in [-0.2, 0) is 9.53 Å². The van der Waals surface area contributed by atoms with Gasteiger partial charge in [-0.05, 0) is 12.8 Å². The van der Waals surface area contributed by atoms with Gasteiger partial charge in [-0.25, -0.2) is 0 Å². The minimum atomic E-state index is -0.110. The molecule has 0 unspecified atom stereocenters. The lowest BCUT2D eigenvalue weighted by Gasteiger charge is -2.27. The summed E-state index contributed by atoms with van der Waals surface area (Å²) >= 11 is 1.66. The van der Waals surface area contributed by atoms with Crippen LogP contribution in [0.25, 0.3) is 0 Å². The highest BCUT2D eigenvalue weighted by Gasteiger charge is 2.23. The van der Waals surface area contributed by atoms with E-state index >= 15 is 0 Å². The standard InChI is InChI=1S/C10H20O2S/c1-6-12-9(11)7-13-10(4,5)8(2)3/h8H,6-7H2,1-5H3. The Balaban J connectivity index is 3.81.